The number of allylic oxidation sites excluding steroid dienone is 1. The zero-order chi connectivity index (χ0) is 30.1. The van der Waals surface area contributed by atoms with Gasteiger partial charge in [-0.1, -0.05) is 12.2 Å². The van der Waals surface area contributed by atoms with E-state index in [4.69, 9.17) is 19.4 Å². The molecule has 0 unspecified atom stereocenters. The first kappa shape index (κ1) is 27.8. The van der Waals surface area contributed by atoms with Crippen molar-refractivity contribution < 1.29 is 18.3 Å². The van der Waals surface area contributed by atoms with Gasteiger partial charge in [-0.25, -0.2) is 8.78 Å². The van der Waals surface area contributed by atoms with E-state index in [2.05, 4.69) is 25.0 Å². The molecule has 8 rings (SSSR count). The second-order valence-corrected chi connectivity index (χ2v) is 13.0. The number of alkyl halides is 1. The van der Waals surface area contributed by atoms with Gasteiger partial charge in [0.1, 0.15) is 29.8 Å². The summed E-state index contributed by atoms with van der Waals surface area (Å²) in [6, 6.07) is 2.12. The molecule has 4 aliphatic heterocycles. The van der Waals surface area contributed by atoms with Crippen molar-refractivity contribution in [3.05, 3.63) is 41.5 Å². The summed E-state index contributed by atoms with van der Waals surface area (Å²) in [7, 11) is 0. The van der Waals surface area contributed by atoms with E-state index in [1.807, 2.05) is 32.1 Å². The molecule has 4 aromatic rings. The minimum atomic E-state index is -0.870. The molecule has 9 nitrogen and oxygen atoms in total. The number of ether oxygens (including phenoxy) is 2. The van der Waals surface area contributed by atoms with Crippen molar-refractivity contribution in [1.29, 1.82) is 0 Å². The maximum atomic E-state index is 16.9. The number of hydrogen-bond acceptors (Lipinski definition) is 8. The Morgan fingerprint density at radius 2 is 2.02 bits per heavy atom. The summed E-state index contributed by atoms with van der Waals surface area (Å²) in [6.07, 6.45) is 11.7. The molecule has 3 aromatic heterocycles. The Morgan fingerprint density at radius 1 is 1.16 bits per heavy atom. The monoisotopic (exact) mass is 601 g/mol. The predicted octanol–water partition coefficient (Wildman–Crippen LogP) is 5.76. The summed E-state index contributed by atoms with van der Waals surface area (Å²) in [4.78, 5) is 18.7. The quantitative estimate of drug-likeness (QED) is 0.298. The van der Waals surface area contributed by atoms with Crippen molar-refractivity contribution in [3.8, 4) is 17.3 Å². The fourth-order valence-corrected chi connectivity index (χ4v) is 8.02. The van der Waals surface area contributed by atoms with Crippen molar-refractivity contribution in [3.63, 3.8) is 0 Å². The largest absolute Gasteiger partial charge is 0.461 e. The number of aryl methyl sites for hydroxylation is 1. The standard InChI is InChI=1S/C33H37F2N7O2/c1-3-6-22-20(2)13-25-23(16-37-40-25)26(22)29-27(35)28-24(15-36-29)30(41-10-5-8-33(18-41)9-12-44-33)39-31(38-28)43-19-32-7-4-11-42(32)17-21(34)14-32/h3,6,13,15-16,21H,4-5,7-12,14,17-19H2,1-2H3,(H,37,40)/b6-3-/t21-,32+,33+/m1/s1. The maximum absolute atomic E-state index is 16.9. The van der Waals surface area contributed by atoms with Gasteiger partial charge in [0.15, 0.2) is 5.82 Å². The van der Waals surface area contributed by atoms with Gasteiger partial charge in [0.05, 0.1) is 34.8 Å². The van der Waals surface area contributed by atoms with Crippen molar-refractivity contribution in [2.75, 3.05) is 44.3 Å². The molecular weight excluding hydrogens is 564 g/mol. The molecule has 0 aliphatic carbocycles. The lowest BCUT2D eigenvalue weighted by Crippen LogP contribution is -2.56. The van der Waals surface area contributed by atoms with E-state index < -0.39 is 12.0 Å². The Kier molecular flexibility index (Phi) is 6.60. The molecule has 1 spiro atoms. The molecule has 0 radical (unpaired) electrons. The zero-order valence-corrected chi connectivity index (χ0v) is 25.2. The van der Waals surface area contributed by atoms with Crippen LogP contribution < -0.4 is 9.64 Å². The number of benzene rings is 1. The fourth-order valence-electron chi connectivity index (χ4n) is 8.02. The lowest BCUT2D eigenvalue weighted by molar-refractivity contribution is -0.151. The molecule has 3 atom stereocenters. The maximum Gasteiger partial charge on any atom is 0.319 e. The third kappa shape index (κ3) is 4.38. The van der Waals surface area contributed by atoms with Crippen molar-refractivity contribution in [2.24, 2.45) is 0 Å². The second-order valence-electron chi connectivity index (χ2n) is 13.0. The molecule has 230 valence electrons. The van der Waals surface area contributed by atoms with Crippen LogP contribution in [0.5, 0.6) is 6.01 Å². The third-order valence-electron chi connectivity index (χ3n) is 10.2. The number of halogens is 2. The Labute approximate surface area is 254 Å². The van der Waals surface area contributed by atoms with Crippen LogP contribution in [-0.4, -0.2) is 86.8 Å². The van der Waals surface area contributed by atoms with Crippen molar-refractivity contribution >= 4 is 33.7 Å². The lowest BCUT2D eigenvalue weighted by Gasteiger charge is -2.48. The minimum absolute atomic E-state index is 0.104. The first-order valence-corrected chi connectivity index (χ1v) is 15.8. The van der Waals surface area contributed by atoms with Crippen LogP contribution in [-0.2, 0) is 4.74 Å². The van der Waals surface area contributed by atoms with Gasteiger partial charge in [0.2, 0.25) is 0 Å². The number of nitrogens with zero attached hydrogens (tertiary/aromatic N) is 6. The molecule has 0 amide bonds. The average Bonchev–Trinajstić information content (AvgIpc) is 3.70. The first-order chi connectivity index (χ1) is 21.4. The topological polar surface area (TPSA) is 92.3 Å². The smallest absolute Gasteiger partial charge is 0.319 e. The highest BCUT2D eigenvalue weighted by molar-refractivity contribution is 6.01. The number of pyridine rings is 1. The highest BCUT2D eigenvalue weighted by atomic mass is 19.1. The molecule has 7 heterocycles. The number of rotatable bonds is 6. The third-order valence-corrected chi connectivity index (χ3v) is 10.2. The lowest BCUT2D eigenvalue weighted by atomic mass is 9.86. The number of hydrogen-bond donors (Lipinski definition) is 1. The zero-order valence-electron chi connectivity index (χ0n) is 25.2. The molecule has 4 aliphatic rings. The predicted molar refractivity (Wildman–Crippen MR) is 165 cm³/mol. The van der Waals surface area contributed by atoms with Crippen molar-refractivity contribution in [2.45, 2.75) is 69.7 Å². The van der Waals surface area contributed by atoms with Gasteiger partial charge in [-0.3, -0.25) is 15.0 Å². The summed E-state index contributed by atoms with van der Waals surface area (Å²) in [5.41, 5.74) is 3.11. The number of H-pyrrole nitrogens is 1. The Hall–Kier alpha value is -3.70. The number of aromatic amines is 1. The van der Waals surface area contributed by atoms with E-state index in [1.165, 1.54) is 0 Å². The van der Waals surface area contributed by atoms with E-state index in [-0.39, 0.29) is 35.0 Å². The highest BCUT2D eigenvalue weighted by Crippen LogP contribution is 2.43. The van der Waals surface area contributed by atoms with Gasteiger partial charge in [-0.05, 0) is 63.3 Å². The van der Waals surface area contributed by atoms with Gasteiger partial charge >= 0.3 is 6.01 Å². The average molecular weight is 602 g/mol. The first-order valence-electron chi connectivity index (χ1n) is 15.8. The Morgan fingerprint density at radius 3 is 2.84 bits per heavy atom. The Balaban J connectivity index is 1.27. The van der Waals surface area contributed by atoms with Crippen LogP contribution >= 0.6 is 0 Å². The molecular formula is C33H37F2N7O2. The fraction of sp³-hybridized carbons (Fsp3) is 0.515. The van der Waals surface area contributed by atoms with Crippen LogP contribution in [0.3, 0.4) is 0 Å². The van der Waals surface area contributed by atoms with Crippen LogP contribution in [0.1, 0.15) is 56.6 Å². The molecule has 0 saturated carbocycles. The van der Waals surface area contributed by atoms with Gasteiger partial charge in [0.25, 0.3) is 0 Å². The summed E-state index contributed by atoms with van der Waals surface area (Å²) in [5, 5.41) is 8.57. The Bertz CT molecular complexity index is 1790. The molecule has 1 N–H and O–H groups in total. The number of nitrogens with one attached hydrogen (secondary N) is 1. The highest BCUT2D eigenvalue weighted by Gasteiger charge is 2.49. The summed E-state index contributed by atoms with van der Waals surface area (Å²) in [5.74, 6) is 0.0614. The van der Waals surface area contributed by atoms with Crippen LogP contribution in [0.15, 0.2) is 24.5 Å². The van der Waals surface area contributed by atoms with Crippen LogP contribution in [0.25, 0.3) is 39.1 Å². The molecule has 0 bridgehead atoms. The van der Waals surface area contributed by atoms with E-state index in [0.29, 0.717) is 36.3 Å². The molecule has 11 heteroatoms. The summed E-state index contributed by atoms with van der Waals surface area (Å²) >= 11 is 0. The molecule has 4 fully saturated rings. The van der Waals surface area contributed by atoms with Crippen LogP contribution in [0.4, 0.5) is 14.6 Å². The van der Waals surface area contributed by atoms with Gasteiger partial charge in [-0.2, -0.15) is 15.1 Å². The SMILES string of the molecule is C/C=C\c1c(C)cc2[nH]ncc2c1-c1ncc2c(N3CCC[C@]4(CCO4)C3)nc(OC[C@@]34CCCN3C[C@H](F)C4)nc2c1F. The summed E-state index contributed by atoms with van der Waals surface area (Å²) < 4.78 is 43.8. The van der Waals surface area contributed by atoms with E-state index >= 15 is 4.39 Å². The number of piperidine rings is 1. The number of anilines is 1. The van der Waals surface area contributed by atoms with Gasteiger partial charge in [-0.15, -0.1) is 0 Å². The second kappa shape index (κ2) is 10.4. The number of fused-ring (bicyclic) bond motifs is 3. The molecule has 1 aromatic carbocycles. The van der Waals surface area contributed by atoms with Gasteiger partial charge in [0, 0.05) is 49.6 Å². The number of aromatic nitrogens is 5. The minimum Gasteiger partial charge on any atom is -0.461 e. The van der Waals surface area contributed by atoms with E-state index in [9.17, 15) is 4.39 Å². The molecule has 4 saturated heterocycles. The summed E-state index contributed by atoms with van der Waals surface area (Å²) in [6.45, 7) is 7.69. The van der Waals surface area contributed by atoms with Crippen LogP contribution in [0, 0.1) is 12.7 Å². The van der Waals surface area contributed by atoms with E-state index in [0.717, 1.165) is 73.8 Å². The van der Waals surface area contributed by atoms with Gasteiger partial charge < -0.3 is 14.4 Å². The van der Waals surface area contributed by atoms with Crippen molar-refractivity contribution in [1.82, 2.24) is 30.0 Å². The van der Waals surface area contributed by atoms with E-state index in [1.54, 1.807) is 12.4 Å². The van der Waals surface area contributed by atoms with Crippen LogP contribution in [0.2, 0.25) is 0 Å². The normalized spacial score (nSPS) is 27.2. The molecule has 44 heavy (non-hydrogen) atoms.